The highest BCUT2D eigenvalue weighted by Gasteiger charge is 2.32. The van der Waals surface area contributed by atoms with Crippen LogP contribution in [-0.2, 0) is 4.79 Å². The van der Waals surface area contributed by atoms with E-state index in [0.717, 1.165) is 5.56 Å². The van der Waals surface area contributed by atoms with Gasteiger partial charge in [-0.2, -0.15) is 0 Å². The summed E-state index contributed by atoms with van der Waals surface area (Å²) in [5.41, 5.74) is 2.14. The fourth-order valence-electron chi connectivity index (χ4n) is 2.96. The summed E-state index contributed by atoms with van der Waals surface area (Å²) in [6.45, 7) is 4.95. The summed E-state index contributed by atoms with van der Waals surface area (Å²) in [5, 5.41) is 9.05. The largest absolute Gasteiger partial charge is 0.481 e. The lowest BCUT2D eigenvalue weighted by Crippen LogP contribution is -2.29. The molecule has 2 aromatic rings. The van der Waals surface area contributed by atoms with Gasteiger partial charge in [-0.1, -0.05) is 32.0 Å². The van der Waals surface area contributed by atoms with E-state index in [9.17, 15) is 9.59 Å². The van der Waals surface area contributed by atoms with Crippen molar-refractivity contribution in [2.45, 2.75) is 26.2 Å². The van der Waals surface area contributed by atoms with Gasteiger partial charge in [0.25, 0.3) is 5.91 Å². The second kappa shape index (κ2) is 6.51. The smallest absolute Gasteiger partial charge is 0.308 e. The Hall–Kier alpha value is -2.56. The number of hydrogen-bond donors (Lipinski definition) is 1. The van der Waals surface area contributed by atoms with Crippen LogP contribution in [0, 0.1) is 5.92 Å². The molecule has 2 heterocycles. The SMILES string of the molecule is CC(C)c1cccc(-c2ccc(C(=O)N3CCC(C(=O)O)C3)o2)c1. The van der Waals surface area contributed by atoms with Crippen LogP contribution in [0.4, 0.5) is 0 Å². The lowest BCUT2D eigenvalue weighted by atomic mass is 10.0. The fraction of sp³-hybridized carbons (Fsp3) is 0.368. The summed E-state index contributed by atoms with van der Waals surface area (Å²) in [5.74, 6) is -0.258. The molecule has 1 amide bonds. The van der Waals surface area contributed by atoms with Crippen LogP contribution >= 0.6 is 0 Å². The van der Waals surface area contributed by atoms with Crippen molar-refractivity contribution < 1.29 is 19.1 Å². The molecule has 0 spiro atoms. The van der Waals surface area contributed by atoms with E-state index < -0.39 is 11.9 Å². The molecule has 126 valence electrons. The molecule has 5 heteroatoms. The van der Waals surface area contributed by atoms with Gasteiger partial charge in [0.2, 0.25) is 0 Å². The molecular formula is C19H21NO4. The second-order valence-electron chi connectivity index (χ2n) is 6.52. The van der Waals surface area contributed by atoms with Crippen molar-refractivity contribution in [3.63, 3.8) is 0 Å². The number of carbonyl (C=O) groups excluding carboxylic acids is 1. The average Bonchev–Trinajstić information content (AvgIpc) is 3.24. The van der Waals surface area contributed by atoms with Gasteiger partial charge in [0, 0.05) is 18.7 Å². The normalized spacial score (nSPS) is 17.5. The van der Waals surface area contributed by atoms with Crippen molar-refractivity contribution in [2.75, 3.05) is 13.1 Å². The third-order valence-corrected chi connectivity index (χ3v) is 4.48. The molecule has 1 aromatic heterocycles. The molecule has 0 radical (unpaired) electrons. The van der Waals surface area contributed by atoms with Crippen LogP contribution in [0.25, 0.3) is 11.3 Å². The van der Waals surface area contributed by atoms with Gasteiger partial charge < -0.3 is 14.4 Å². The Bertz CT molecular complexity index is 762. The highest BCUT2D eigenvalue weighted by Crippen LogP contribution is 2.27. The lowest BCUT2D eigenvalue weighted by molar-refractivity contribution is -0.141. The number of carboxylic acids is 1. The summed E-state index contributed by atoms with van der Waals surface area (Å²) >= 11 is 0. The average molecular weight is 327 g/mol. The maximum atomic E-state index is 12.5. The fourth-order valence-corrected chi connectivity index (χ4v) is 2.96. The minimum absolute atomic E-state index is 0.243. The van der Waals surface area contributed by atoms with E-state index in [1.807, 2.05) is 12.1 Å². The van der Waals surface area contributed by atoms with Gasteiger partial charge in [-0.05, 0) is 36.1 Å². The van der Waals surface area contributed by atoms with E-state index in [0.29, 0.717) is 24.6 Å². The highest BCUT2D eigenvalue weighted by atomic mass is 16.4. The van der Waals surface area contributed by atoms with Gasteiger partial charge in [0.15, 0.2) is 5.76 Å². The number of carbonyl (C=O) groups is 2. The zero-order valence-electron chi connectivity index (χ0n) is 13.9. The van der Waals surface area contributed by atoms with Crippen LogP contribution in [0.15, 0.2) is 40.8 Å². The predicted molar refractivity (Wildman–Crippen MR) is 89.9 cm³/mol. The Morgan fingerprint density at radius 3 is 2.71 bits per heavy atom. The molecule has 1 saturated heterocycles. The molecule has 0 bridgehead atoms. The van der Waals surface area contributed by atoms with Crippen LogP contribution in [0.2, 0.25) is 0 Å². The minimum Gasteiger partial charge on any atom is -0.481 e. The van der Waals surface area contributed by atoms with Crippen molar-refractivity contribution in [3.05, 3.63) is 47.7 Å². The lowest BCUT2D eigenvalue weighted by Gasteiger charge is -2.13. The van der Waals surface area contributed by atoms with Gasteiger partial charge in [-0.15, -0.1) is 0 Å². The Kier molecular flexibility index (Phi) is 4.42. The Balaban J connectivity index is 1.77. The van der Waals surface area contributed by atoms with Crippen molar-refractivity contribution in [1.29, 1.82) is 0 Å². The number of furan rings is 1. The standard InChI is InChI=1S/C19H21NO4/c1-12(2)13-4-3-5-14(10-13)16-6-7-17(24-16)18(21)20-9-8-15(11-20)19(22)23/h3-7,10,12,15H,8-9,11H2,1-2H3,(H,22,23). The van der Waals surface area contributed by atoms with E-state index in [1.54, 1.807) is 17.0 Å². The van der Waals surface area contributed by atoms with Crippen molar-refractivity contribution in [2.24, 2.45) is 5.92 Å². The number of amides is 1. The van der Waals surface area contributed by atoms with Crippen LogP contribution < -0.4 is 0 Å². The first-order valence-electron chi connectivity index (χ1n) is 8.18. The number of benzene rings is 1. The second-order valence-corrected chi connectivity index (χ2v) is 6.52. The molecule has 24 heavy (non-hydrogen) atoms. The summed E-state index contributed by atoms with van der Waals surface area (Å²) < 4.78 is 5.74. The molecule has 1 unspecified atom stereocenters. The Labute approximate surface area is 140 Å². The molecule has 0 aliphatic carbocycles. The van der Waals surface area contributed by atoms with Gasteiger partial charge in [-0.3, -0.25) is 9.59 Å². The first-order valence-corrected chi connectivity index (χ1v) is 8.18. The predicted octanol–water partition coefficient (Wildman–Crippen LogP) is 3.62. The first kappa shape index (κ1) is 16.3. The number of aliphatic carboxylic acids is 1. The minimum atomic E-state index is -0.851. The van der Waals surface area contributed by atoms with Crippen LogP contribution in [0.1, 0.15) is 42.3 Å². The number of nitrogens with zero attached hydrogens (tertiary/aromatic N) is 1. The topological polar surface area (TPSA) is 70.8 Å². The molecule has 1 N–H and O–H groups in total. The number of rotatable bonds is 4. The van der Waals surface area contributed by atoms with Gasteiger partial charge >= 0.3 is 5.97 Å². The molecule has 1 atom stereocenters. The number of carboxylic acid groups (broad SMARTS) is 1. The molecule has 1 fully saturated rings. The molecular weight excluding hydrogens is 306 g/mol. The van der Waals surface area contributed by atoms with Crippen molar-refractivity contribution in [3.8, 4) is 11.3 Å². The van der Waals surface area contributed by atoms with E-state index in [2.05, 4.69) is 26.0 Å². The maximum absolute atomic E-state index is 12.5. The third-order valence-electron chi connectivity index (χ3n) is 4.48. The monoisotopic (exact) mass is 327 g/mol. The van der Waals surface area contributed by atoms with Crippen molar-refractivity contribution >= 4 is 11.9 Å². The summed E-state index contributed by atoms with van der Waals surface area (Å²) in [6.07, 6.45) is 0.491. The quantitative estimate of drug-likeness (QED) is 0.931. The van der Waals surface area contributed by atoms with Crippen molar-refractivity contribution in [1.82, 2.24) is 4.90 Å². The van der Waals surface area contributed by atoms with Crippen LogP contribution in [-0.4, -0.2) is 35.0 Å². The van der Waals surface area contributed by atoms with E-state index in [1.165, 1.54) is 5.56 Å². The highest BCUT2D eigenvalue weighted by molar-refractivity contribution is 5.92. The first-order chi connectivity index (χ1) is 11.5. The van der Waals surface area contributed by atoms with Crippen LogP contribution in [0.3, 0.4) is 0 Å². The number of likely N-dealkylation sites (tertiary alicyclic amines) is 1. The summed E-state index contributed by atoms with van der Waals surface area (Å²) in [7, 11) is 0. The summed E-state index contributed by atoms with van der Waals surface area (Å²) in [6, 6.07) is 11.5. The maximum Gasteiger partial charge on any atom is 0.308 e. The molecule has 0 saturated carbocycles. The molecule has 3 rings (SSSR count). The molecule has 1 aliphatic rings. The van der Waals surface area contributed by atoms with E-state index in [4.69, 9.17) is 9.52 Å². The van der Waals surface area contributed by atoms with Gasteiger partial charge in [0.1, 0.15) is 5.76 Å². The van der Waals surface area contributed by atoms with Gasteiger partial charge in [-0.25, -0.2) is 0 Å². The molecule has 1 aliphatic heterocycles. The molecule has 1 aromatic carbocycles. The Morgan fingerprint density at radius 1 is 1.25 bits per heavy atom. The van der Waals surface area contributed by atoms with Gasteiger partial charge in [0.05, 0.1) is 5.92 Å². The zero-order chi connectivity index (χ0) is 17.3. The number of hydrogen-bond acceptors (Lipinski definition) is 3. The van der Waals surface area contributed by atoms with E-state index in [-0.39, 0.29) is 18.2 Å². The third kappa shape index (κ3) is 3.20. The summed E-state index contributed by atoms with van der Waals surface area (Å²) in [4.78, 5) is 25.0. The van der Waals surface area contributed by atoms with Crippen LogP contribution in [0.5, 0.6) is 0 Å². The molecule has 5 nitrogen and oxygen atoms in total. The zero-order valence-corrected chi connectivity index (χ0v) is 13.9. The Morgan fingerprint density at radius 2 is 2.04 bits per heavy atom. The van der Waals surface area contributed by atoms with E-state index >= 15 is 0 Å².